The molecule has 0 aliphatic carbocycles. The summed E-state index contributed by atoms with van der Waals surface area (Å²) in [4.78, 5) is 20.4. The van der Waals surface area contributed by atoms with Crippen molar-refractivity contribution in [2.75, 3.05) is 0 Å². The number of rotatable bonds is 6. The predicted molar refractivity (Wildman–Crippen MR) is 244 cm³/mol. The van der Waals surface area contributed by atoms with E-state index in [2.05, 4.69) is 121 Å². The number of aromatic nitrogens is 6. The summed E-state index contributed by atoms with van der Waals surface area (Å²) in [6, 6.07) is 62.1. The molecule has 0 amide bonds. The molecule has 8 aromatic carbocycles. The van der Waals surface area contributed by atoms with Crippen LogP contribution < -0.4 is 0 Å². The van der Waals surface area contributed by atoms with Crippen molar-refractivity contribution in [3.8, 4) is 67.7 Å². The summed E-state index contributed by atoms with van der Waals surface area (Å²) in [5, 5.41) is 5.33. The molecule has 60 heavy (non-hydrogen) atoms. The van der Waals surface area contributed by atoms with Crippen molar-refractivity contribution < 1.29 is 4.42 Å². The normalized spacial score (nSPS) is 11.7. The Morgan fingerprint density at radius 3 is 1.75 bits per heavy atom. The topological polar surface area (TPSA) is 90.5 Å². The lowest BCUT2D eigenvalue weighted by Gasteiger charge is -2.14. The van der Waals surface area contributed by atoms with Gasteiger partial charge >= 0.3 is 0 Å². The molecule has 4 aromatic heterocycles. The molecule has 0 fully saturated rings. The molecule has 12 aromatic rings. The van der Waals surface area contributed by atoms with Crippen LogP contribution in [-0.4, -0.2) is 28.7 Å². The van der Waals surface area contributed by atoms with Gasteiger partial charge in [0.05, 0.1) is 22.9 Å². The first kappa shape index (κ1) is 34.1. The second kappa shape index (κ2) is 13.9. The molecule has 8 heteroatoms. The van der Waals surface area contributed by atoms with Crippen LogP contribution in [-0.2, 0) is 0 Å². The van der Waals surface area contributed by atoms with Crippen molar-refractivity contribution in [3.05, 3.63) is 182 Å². The van der Waals surface area contributed by atoms with Crippen molar-refractivity contribution in [2.24, 2.45) is 0 Å². The minimum atomic E-state index is 0.572. The Bertz CT molecular complexity index is 3600. The fourth-order valence-electron chi connectivity index (χ4n) is 8.35. The Balaban J connectivity index is 0.997. The van der Waals surface area contributed by atoms with E-state index in [1.807, 2.05) is 60.7 Å². The SMILES string of the molecule is c1ccc(-c2nc(-c3ccc(-c4cccc5c4oc4ccccc45)cc3)nc(-c3cccc(-c4cc5c(-c6ccccc6)nc6ccccc6c5c5nsnc45)c3)n2)cc1. The van der Waals surface area contributed by atoms with Crippen LogP contribution in [0.5, 0.6) is 0 Å². The van der Waals surface area contributed by atoms with Gasteiger partial charge < -0.3 is 4.42 Å². The summed E-state index contributed by atoms with van der Waals surface area (Å²) in [7, 11) is 0. The molecule has 0 N–H and O–H groups in total. The first-order chi connectivity index (χ1) is 29.7. The van der Waals surface area contributed by atoms with Crippen molar-refractivity contribution in [1.29, 1.82) is 0 Å². The van der Waals surface area contributed by atoms with Gasteiger partial charge in [0.2, 0.25) is 0 Å². The van der Waals surface area contributed by atoms with E-state index in [-0.39, 0.29) is 0 Å². The van der Waals surface area contributed by atoms with E-state index < -0.39 is 0 Å². The molecular formula is C52H30N6OS. The van der Waals surface area contributed by atoms with E-state index in [9.17, 15) is 0 Å². The number of furan rings is 1. The maximum absolute atomic E-state index is 6.36. The lowest BCUT2D eigenvalue weighted by Crippen LogP contribution is -2.00. The number of nitrogens with zero attached hydrogens (tertiary/aromatic N) is 6. The van der Waals surface area contributed by atoms with Crippen molar-refractivity contribution in [1.82, 2.24) is 28.7 Å². The summed E-state index contributed by atoms with van der Waals surface area (Å²) < 4.78 is 16.2. The van der Waals surface area contributed by atoms with Crippen LogP contribution in [0, 0.1) is 0 Å². The third-order valence-corrected chi connectivity index (χ3v) is 11.7. The third kappa shape index (κ3) is 5.65. The van der Waals surface area contributed by atoms with Crippen LogP contribution in [0.1, 0.15) is 0 Å². The van der Waals surface area contributed by atoms with Gasteiger partial charge in [0.15, 0.2) is 17.5 Å². The van der Waals surface area contributed by atoms with E-state index in [0.717, 1.165) is 105 Å². The van der Waals surface area contributed by atoms with Crippen LogP contribution >= 0.6 is 11.7 Å². The molecule has 4 heterocycles. The maximum Gasteiger partial charge on any atom is 0.164 e. The lowest BCUT2D eigenvalue weighted by molar-refractivity contribution is 0.670. The zero-order valence-electron chi connectivity index (χ0n) is 31.8. The molecule has 0 spiro atoms. The van der Waals surface area contributed by atoms with Gasteiger partial charge in [-0.15, -0.1) is 0 Å². The number of hydrogen-bond acceptors (Lipinski definition) is 8. The molecule has 0 saturated heterocycles. The van der Waals surface area contributed by atoms with Crippen molar-refractivity contribution >= 4 is 66.4 Å². The Morgan fingerprint density at radius 1 is 0.367 bits per heavy atom. The van der Waals surface area contributed by atoms with E-state index in [1.54, 1.807) is 0 Å². The Labute approximate surface area is 347 Å². The molecule has 0 saturated carbocycles. The maximum atomic E-state index is 6.36. The number of hydrogen-bond donors (Lipinski definition) is 0. The standard InChI is InChI=1S/C52H30N6OS/c1-3-13-32(14-4-1)46-42-30-41(47-48(58-60-57-47)45(42)40-20-7-9-23-43(40)53-46)35-17-11-18-36(29-35)52-55-50(33-15-5-2-6-16-33)54-51(56-52)34-27-25-31(26-28-34)37-21-12-22-39-38-19-8-10-24-44(38)59-49(37)39/h1-30H. The van der Waals surface area contributed by atoms with E-state index in [4.69, 9.17) is 33.1 Å². The van der Waals surface area contributed by atoms with Crippen LogP contribution in [0.3, 0.4) is 0 Å². The van der Waals surface area contributed by atoms with Crippen LogP contribution in [0.2, 0.25) is 0 Å². The zero-order chi connectivity index (χ0) is 39.6. The molecule has 0 unspecified atom stereocenters. The van der Waals surface area contributed by atoms with Gasteiger partial charge in [-0.05, 0) is 35.4 Å². The molecule has 0 aliphatic rings. The quantitative estimate of drug-likeness (QED) is 0.155. The third-order valence-electron chi connectivity index (χ3n) is 11.2. The fourth-order valence-corrected chi connectivity index (χ4v) is 8.92. The minimum Gasteiger partial charge on any atom is -0.455 e. The number of pyridine rings is 1. The summed E-state index contributed by atoms with van der Waals surface area (Å²) in [5.41, 5.74) is 13.0. The van der Waals surface area contributed by atoms with Gasteiger partial charge in [-0.3, -0.25) is 0 Å². The zero-order valence-corrected chi connectivity index (χ0v) is 32.6. The second-order valence-electron chi connectivity index (χ2n) is 14.8. The van der Waals surface area contributed by atoms with Gasteiger partial charge in [0.1, 0.15) is 22.2 Å². The summed E-state index contributed by atoms with van der Waals surface area (Å²) >= 11 is 1.23. The highest BCUT2D eigenvalue weighted by Crippen LogP contribution is 2.42. The molecule has 280 valence electrons. The number of fused-ring (bicyclic) bond motifs is 8. The molecule has 7 nitrogen and oxygen atoms in total. The van der Waals surface area contributed by atoms with E-state index in [1.165, 1.54) is 11.7 Å². The van der Waals surface area contributed by atoms with Crippen LogP contribution in [0.15, 0.2) is 186 Å². The van der Waals surface area contributed by atoms with E-state index >= 15 is 0 Å². The molecule has 12 rings (SSSR count). The average Bonchev–Trinajstić information content (AvgIpc) is 3.97. The summed E-state index contributed by atoms with van der Waals surface area (Å²) in [6.45, 7) is 0. The molecule has 0 radical (unpaired) electrons. The minimum absolute atomic E-state index is 0.572. The van der Waals surface area contributed by atoms with Gasteiger partial charge in [0.25, 0.3) is 0 Å². The monoisotopic (exact) mass is 786 g/mol. The van der Waals surface area contributed by atoms with Gasteiger partial charge in [-0.2, -0.15) is 8.75 Å². The number of benzene rings is 8. The highest BCUT2D eigenvalue weighted by Gasteiger charge is 2.20. The van der Waals surface area contributed by atoms with Crippen molar-refractivity contribution in [2.45, 2.75) is 0 Å². The highest BCUT2D eigenvalue weighted by atomic mass is 32.1. The largest absolute Gasteiger partial charge is 0.455 e. The van der Waals surface area contributed by atoms with Crippen LogP contribution in [0.25, 0.3) is 122 Å². The summed E-state index contributed by atoms with van der Waals surface area (Å²) in [6.07, 6.45) is 0. The van der Waals surface area contributed by atoms with Gasteiger partial charge in [-0.25, -0.2) is 19.9 Å². The van der Waals surface area contributed by atoms with Gasteiger partial charge in [0, 0.05) is 60.3 Å². The fraction of sp³-hybridized carbons (Fsp3) is 0. The first-order valence-electron chi connectivity index (χ1n) is 19.7. The van der Waals surface area contributed by atoms with Crippen LogP contribution in [0.4, 0.5) is 0 Å². The highest BCUT2D eigenvalue weighted by molar-refractivity contribution is 7.00. The Kier molecular flexibility index (Phi) is 7.89. The lowest BCUT2D eigenvalue weighted by atomic mass is 9.93. The second-order valence-corrected chi connectivity index (χ2v) is 15.3. The molecule has 0 atom stereocenters. The average molecular weight is 787 g/mol. The number of para-hydroxylation sites is 3. The molecule has 0 aliphatic heterocycles. The molecular weight excluding hydrogens is 757 g/mol. The summed E-state index contributed by atoms with van der Waals surface area (Å²) in [5.74, 6) is 1.75. The predicted octanol–water partition coefficient (Wildman–Crippen LogP) is 13.5. The van der Waals surface area contributed by atoms with Crippen molar-refractivity contribution in [3.63, 3.8) is 0 Å². The van der Waals surface area contributed by atoms with Gasteiger partial charge in [-0.1, -0.05) is 158 Å². The first-order valence-corrected chi connectivity index (χ1v) is 20.4. The smallest absolute Gasteiger partial charge is 0.164 e. The van der Waals surface area contributed by atoms with E-state index in [0.29, 0.717) is 17.5 Å². The Morgan fingerprint density at radius 2 is 0.950 bits per heavy atom. The molecule has 0 bridgehead atoms. The Hall–Kier alpha value is -7.94.